The van der Waals surface area contributed by atoms with E-state index in [0.717, 1.165) is 22.7 Å². The first-order valence-electron chi connectivity index (χ1n) is 6.10. The maximum atomic E-state index is 11.2. The number of rotatable bonds is 5. The fourth-order valence-corrected chi connectivity index (χ4v) is 2.93. The van der Waals surface area contributed by atoms with Crippen LogP contribution in [0.25, 0.3) is 0 Å². The van der Waals surface area contributed by atoms with Crippen molar-refractivity contribution in [2.45, 2.75) is 26.9 Å². The van der Waals surface area contributed by atoms with Gasteiger partial charge in [-0.05, 0) is 19.4 Å². The normalized spacial score (nSPS) is 10.8. The maximum Gasteiger partial charge on any atom is 0.349 e. The number of carbonyl (C=O) groups is 1. The molecule has 0 spiro atoms. The van der Waals surface area contributed by atoms with Gasteiger partial charge in [0.1, 0.15) is 12.4 Å². The molecule has 0 aliphatic rings. The van der Waals surface area contributed by atoms with E-state index in [2.05, 4.69) is 5.10 Å². The van der Waals surface area contributed by atoms with Gasteiger partial charge in [0.25, 0.3) is 0 Å². The molecule has 2 aromatic rings. The number of nitrogens with zero attached hydrogens (tertiary/aromatic N) is 2. The Labute approximate surface area is 125 Å². The summed E-state index contributed by atoms with van der Waals surface area (Å²) in [5, 5.41) is 13.9. The zero-order chi connectivity index (χ0) is 14.9. The second kappa shape index (κ2) is 5.85. The van der Waals surface area contributed by atoms with Crippen LogP contribution in [0, 0.1) is 6.92 Å². The van der Waals surface area contributed by atoms with Gasteiger partial charge in [-0.3, -0.25) is 4.68 Å². The Morgan fingerprint density at radius 3 is 2.80 bits per heavy atom. The second-order valence-corrected chi connectivity index (χ2v) is 5.84. The van der Waals surface area contributed by atoms with Crippen molar-refractivity contribution in [2.75, 3.05) is 0 Å². The number of carboxylic acid groups (broad SMARTS) is 1. The van der Waals surface area contributed by atoms with Crippen LogP contribution in [0.4, 0.5) is 0 Å². The maximum absolute atomic E-state index is 11.2. The van der Waals surface area contributed by atoms with Crippen molar-refractivity contribution in [1.29, 1.82) is 0 Å². The Hall–Kier alpha value is -1.53. The van der Waals surface area contributed by atoms with Crippen molar-refractivity contribution in [1.82, 2.24) is 9.78 Å². The van der Waals surface area contributed by atoms with E-state index >= 15 is 0 Å². The second-order valence-electron chi connectivity index (χ2n) is 4.32. The van der Waals surface area contributed by atoms with E-state index in [0.29, 0.717) is 10.8 Å². The van der Waals surface area contributed by atoms with Crippen molar-refractivity contribution in [3.63, 3.8) is 0 Å². The highest BCUT2D eigenvalue weighted by atomic mass is 35.5. The largest absolute Gasteiger partial charge is 0.485 e. The highest BCUT2D eigenvalue weighted by Crippen LogP contribution is 2.31. The lowest BCUT2D eigenvalue weighted by Gasteiger charge is -2.06. The Balaban J connectivity index is 2.22. The van der Waals surface area contributed by atoms with Crippen molar-refractivity contribution in [3.8, 4) is 5.75 Å². The average Bonchev–Trinajstić information content (AvgIpc) is 2.91. The first-order valence-corrected chi connectivity index (χ1v) is 7.30. The van der Waals surface area contributed by atoms with Crippen molar-refractivity contribution in [2.24, 2.45) is 7.05 Å². The van der Waals surface area contributed by atoms with Crippen molar-refractivity contribution < 1.29 is 14.6 Å². The van der Waals surface area contributed by atoms with E-state index in [9.17, 15) is 9.90 Å². The molecule has 0 fully saturated rings. The molecule has 2 rings (SSSR count). The van der Waals surface area contributed by atoms with Gasteiger partial charge in [-0.1, -0.05) is 18.5 Å². The van der Waals surface area contributed by atoms with Crippen LogP contribution in [0.15, 0.2) is 6.07 Å². The quantitative estimate of drug-likeness (QED) is 0.919. The number of aromatic nitrogens is 2. The van der Waals surface area contributed by atoms with Crippen LogP contribution >= 0.6 is 22.9 Å². The lowest BCUT2D eigenvalue weighted by atomic mass is 10.3. The molecule has 0 saturated heterocycles. The number of thiophene rings is 1. The fraction of sp³-hybridized carbons (Fsp3) is 0.385. The van der Waals surface area contributed by atoms with Gasteiger partial charge in [0, 0.05) is 11.9 Å². The number of hydrogen-bond donors (Lipinski definition) is 1. The average molecular weight is 315 g/mol. The molecule has 0 radical (unpaired) electrons. The number of hydrogen-bond acceptors (Lipinski definition) is 4. The Kier molecular flexibility index (Phi) is 4.35. The van der Waals surface area contributed by atoms with Gasteiger partial charge < -0.3 is 9.84 Å². The summed E-state index contributed by atoms with van der Waals surface area (Å²) in [6.07, 6.45) is 0.778. The van der Waals surface area contributed by atoms with Gasteiger partial charge in [-0.25, -0.2) is 4.79 Å². The van der Waals surface area contributed by atoms with Crippen LogP contribution in [-0.4, -0.2) is 20.9 Å². The zero-order valence-corrected chi connectivity index (χ0v) is 13.0. The van der Waals surface area contributed by atoms with E-state index in [1.165, 1.54) is 11.3 Å². The molecule has 2 heterocycles. The van der Waals surface area contributed by atoms with Gasteiger partial charge >= 0.3 is 5.97 Å². The SMILES string of the molecule is CCc1cc(OCc2c(Cl)c(C)nn2C)c(C(=O)O)s1. The molecule has 20 heavy (non-hydrogen) atoms. The van der Waals surface area contributed by atoms with Gasteiger partial charge in [0.15, 0.2) is 4.88 Å². The molecule has 0 saturated carbocycles. The van der Waals surface area contributed by atoms with Crippen molar-refractivity contribution >= 4 is 28.9 Å². The third-order valence-electron chi connectivity index (χ3n) is 2.92. The molecule has 0 unspecified atom stereocenters. The summed E-state index contributed by atoms with van der Waals surface area (Å²) in [5.41, 5.74) is 1.45. The standard InChI is InChI=1S/C13H15ClN2O3S/c1-4-8-5-10(12(20-8)13(17)18)19-6-9-11(14)7(2)15-16(9)3/h5H,4,6H2,1-3H3,(H,17,18). The summed E-state index contributed by atoms with van der Waals surface area (Å²) in [4.78, 5) is 12.4. The molecule has 2 aromatic heterocycles. The molecular weight excluding hydrogens is 300 g/mol. The van der Waals surface area contributed by atoms with Crippen LogP contribution in [-0.2, 0) is 20.1 Å². The summed E-state index contributed by atoms with van der Waals surface area (Å²) in [5.74, 6) is -0.591. The van der Waals surface area contributed by atoms with Gasteiger partial charge in [-0.2, -0.15) is 5.10 Å². The van der Waals surface area contributed by atoms with E-state index in [1.54, 1.807) is 17.8 Å². The minimum atomic E-state index is -0.975. The number of aromatic carboxylic acids is 1. The minimum Gasteiger partial charge on any atom is -0.485 e. The molecule has 0 atom stereocenters. The molecule has 1 N–H and O–H groups in total. The predicted octanol–water partition coefficient (Wildman–Crippen LogP) is 3.28. The third kappa shape index (κ3) is 2.81. The third-order valence-corrected chi connectivity index (χ3v) is 4.66. The highest BCUT2D eigenvalue weighted by Gasteiger charge is 2.18. The number of halogens is 1. The lowest BCUT2D eigenvalue weighted by molar-refractivity contribution is 0.0697. The molecule has 0 aromatic carbocycles. The van der Waals surface area contributed by atoms with E-state index in [4.69, 9.17) is 16.3 Å². The lowest BCUT2D eigenvalue weighted by Crippen LogP contribution is -2.05. The number of ether oxygens (including phenoxy) is 1. The van der Waals surface area contributed by atoms with Gasteiger partial charge in [0.05, 0.1) is 16.4 Å². The van der Waals surface area contributed by atoms with E-state index in [1.807, 2.05) is 13.8 Å². The Morgan fingerprint density at radius 1 is 1.60 bits per heavy atom. The summed E-state index contributed by atoms with van der Waals surface area (Å²) in [6, 6.07) is 1.77. The Morgan fingerprint density at radius 2 is 2.30 bits per heavy atom. The molecule has 0 bridgehead atoms. The summed E-state index contributed by atoms with van der Waals surface area (Å²) >= 11 is 7.37. The smallest absolute Gasteiger partial charge is 0.349 e. The molecule has 0 amide bonds. The summed E-state index contributed by atoms with van der Waals surface area (Å²) < 4.78 is 7.27. The van der Waals surface area contributed by atoms with E-state index in [-0.39, 0.29) is 11.5 Å². The van der Waals surface area contributed by atoms with Gasteiger partial charge in [0.2, 0.25) is 0 Å². The first kappa shape index (κ1) is 14.9. The monoisotopic (exact) mass is 314 g/mol. The summed E-state index contributed by atoms with van der Waals surface area (Å²) in [7, 11) is 1.78. The van der Waals surface area contributed by atoms with Crippen LogP contribution in [0.1, 0.15) is 32.9 Å². The number of aryl methyl sites for hydroxylation is 3. The van der Waals surface area contributed by atoms with Crippen molar-refractivity contribution in [3.05, 3.63) is 32.2 Å². The van der Waals surface area contributed by atoms with Crippen LogP contribution < -0.4 is 4.74 Å². The molecule has 7 heteroatoms. The predicted molar refractivity (Wildman–Crippen MR) is 77.9 cm³/mol. The number of carboxylic acids is 1. The van der Waals surface area contributed by atoms with Gasteiger partial charge in [-0.15, -0.1) is 11.3 Å². The highest BCUT2D eigenvalue weighted by molar-refractivity contribution is 7.14. The van der Waals surface area contributed by atoms with Crippen LogP contribution in [0.5, 0.6) is 5.75 Å². The summed E-state index contributed by atoms with van der Waals surface area (Å²) in [6.45, 7) is 3.98. The molecule has 5 nitrogen and oxygen atoms in total. The van der Waals surface area contributed by atoms with Crippen LogP contribution in [0.3, 0.4) is 0 Å². The topological polar surface area (TPSA) is 64.4 Å². The molecule has 108 valence electrons. The Bertz CT molecular complexity index is 648. The van der Waals surface area contributed by atoms with Crippen LogP contribution in [0.2, 0.25) is 5.02 Å². The molecule has 0 aliphatic heterocycles. The zero-order valence-electron chi connectivity index (χ0n) is 11.4. The minimum absolute atomic E-state index is 0.191. The molecule has 0 aliphatic carbocycles. The molecular formula is C13H15ClN2O3S. The fourth-order valence-electron chi connectivity index (χ4n) is 1.84. The van der Waals surface area contributed by atoms with E-state index < -0.39 is 5.97 Å². The first-order chi connectivity index (χ1) is 9.43.